The van der Waals surface area contributed by atoms with Crippen LogP contribution in [0.1, 0.15) is 35.4 Å². The number of nitrogens with one attached hydrogen (secondary N) is 1. The third-order valence-electron chi connectivity index (χ3n) is 6.09. The number of benzene rings is 2. The maximum atomic E-state index is 13.8. The number of aryl methyl sites for hydroxylation is 3. The molecule has 2 aromatic carbocycles. The third-order valence-corrected chi connectivity index (χ3v) is 6.09. The summed E-state index contributed by atoms with van der Waals surface area (Å²) in [6, 6.07) is 12.1. The molecule has 1 aromatic heterocycles. The molecule has 7 nitrogen and oxygen atoms in total. The van der Waals surface area contributed by atoms with Crippen molar-refractivity contribution in [1.82, 2.24) is 20.4 Å². The number of imide groups is 1. The Morgan fingerprint density at radius 3 is 2.90 bits per heavy atom. The number of halogens is 1. The molecule has 0 saturated carbocycles. The Labute approximate surface area is 178 Å². The number of carbonyl (C=O) groups is 2. The second-order valence-corrected chi connectivity index (χ2v) is 8.03. The van der Waals surface area contributed by atoms with Gasteiger partial charge in [0.25, 0.3) is 5.91 Å². The lowest BCUT2D eigenvalue weighted by Crippen LogP contribution is -2.42. The number of urea groups is 1. The van der Waals surface area contributed by atoms with Crippen LogP contribution in [-0.4, -0.2) is 33.5 Å². The number of rotatable bonds is 5. The van der Waals surface area contributed by atoms with Crippen molar-refractivity contribution in [2.45, 2.75) is 38.1 Å². The number of hydrogen-bond acceptors (Lipinski definition) is 5. The summed E-state index contributed by atoms with van der Waals surface area (Å²) in [5.74, 6) is 0.156. The second-order valence-electron chi connectivity index (χ2n) is 8.03. The highest BCUT2D eigenvalue weighted by atomic mass is 19.1. The minimum Gasteiger partial charge on any atom is -0.339 e. The Balaban J connectivity index is 1.24. The Hall–Kier alpha value is -3.55. The summed E-state index contributed by atoms with van der Waals surface area (Å²) in [7, 11) is 0. The summed E-state index contributed by atoms with van der Waals surface area (Å²) in [6.07, 6.45) is 2.23. The van der Waals surface area contributed by atoms with Crippen molar-refractivity contribution in [3.63, 3.8) is 0 Å². The molecule has 158 valence electrons. The van der Waals surface area contributed by atoms with E-state index in [1.165, 1.54) is 11.0 Å². The molecule has 1 aliphatic carbocycles. The maximum absolute atomic E-state index is 13.8. The van der Waals surface area contributed by atoms with Gasteiger partial charge in [-0.1, -0.05) is 41.6 Å². The highest BCUT2D eigenvalue weighted by Crippen LogP contribution is 2.41. The minimum atomic E-state index is -0.944. The first kappa shape index (κ1) is 19.4. The van der Waals surface area contributed by atoms with E-state index in [2.05, 4.69) is 15.5 Å². The topological polar surface area (TPSA) is 88.3 Å². The van der Waals surface area contributed by atoms with Gasteiger partial charge in [-0.05, 0) is 48.9 Å². The maximum Gasteiger partial charge on any atom is 0.325 e. The fourth-order valence-corrected chi connectivity index (χ4v) is 4.39. The van der Waals surface area contributed by atoms with Gasteiger partial charge >= 0.3 is 6.03 Å². The normalized spacial score (nSPS) is 19.9. The van der Waals surface area contributed by atoms with Gasteiger partial charge in [0.15, 0.2) is 0 Å². The molecule has 1 fully saturated rings. The lowest BCUT2D eigenvalue weighted by atomic mass is 9.92. The van der Waals surface area contributed by atoms with E-state index in [0.29, 0.717) is 42.1 Å². The molecule has 31 heavy (non-hydrogen) atoms. The smallest absolute Gasteiger partial charge is 0.325 e. The van der Waals surface area contributed by atoms with Gasteiger partial charge in [0.2, 0.25) is 11.7 Å². The molecule has 3 aromatic rings. The number of aromatic nitrogens is 2. The van der Waals surface area contributed by atoms with E-state index >= 15 is 0 Å². The molecule has 3 amide bonds. The number of carbonyl (C=O) groups excluding carboxylic acids is 2. The molecular weight excluding hydrogens is 399 g/mol. The van der Waals surface area contributed by atoms with Gasteiger partial charge in [0.05, 0.1) is 0 Å². The lowest BCUT2D eigenvalue weighted by Gasteiger charge is -2.22. The van der Waals surface area contributed by atoms with Crippen molar-refractivity contribution in [2.24, 2.45) is 0 Å². The van der Waals surface area contributed by atoms with Crippen LogP contribution in [-0.2, 0) is 23.2 Å². The standard InChI is InChI=1S/C23H21FN4O3/c1-14-8-9-16(13-18(14)24)20-25-19(31-27-20)7-4-12-28-21(29)23(26-22(28)30)11-10-15-5-2-3-6-17(15)23/h2-3,5-6,8-9,13H,4,7,10-12H2,1H3,(H,26,30). The fourth-order valence-electron chi connectivity index (χ4n) is 4.39. The number of fused-ring (bicyclic) bond motifs is 2. The summed E-state index contributed by atoms with van der Waals surface area (Å²) in [5.41, 5.74) is 2.13. The lowest BCUT2D eigenvalue weighted by molar-refractivity contribution is -0.131. The number of amides is 3. The Kier molecular flexibility index (Phi) is 4.57. The minimum absolute atomic E-state index is 0.205. The van der Waals surface area contributed by atoms with E-state index in [1.807, 2.05) is 24.3 Å². The molecule has 1 aliphatic heterocycles. The highest BCUT2D eigenvalue weighted by molar-refractivity contribution is 6.08. The Morgan fingerprint density at radius 1 is 1.23 bits per heavy atom. The van der Waals surface area contributed by atoms with Gasteiger partial charge in [0.1, 0.15) is 11.4 Å². The van der Waals surface area contributed by atoms with Crippen molar-refractivity contribution in [1.29, 1.82) is 0 Å². The predicted molar refractivity (Wildman–Crippen MR) is 109 cm³/mol. The first-order valence-electron chi connectivity index (χ1n) is 10.3. The van der Waals surface area contributed by atoms with E-state index in [-0.39, 0.29) is 24.3 Å². The van der Waals surface area contributed by atoms with Crippen LogP contribution < -0.4 is 5.32 Å². The second kappa shape index (κ2) is 7.30. The zero-order valence-corrected chi connectivity index (χ0v) is 17.0. The van der Waals surface area contributed by atoms with E-state index in [9.17, 15) is 14.0 Å². The first-order chi connectivity index (χ1) is 15.0. The molecule has 1 atom stereocenters. The van der Waals surface area contributed by atoms with Crippen molar-refractivity contribution in [2.75, 3.05) is 6.54 Å². The number of hydrogen-bond donors (Lipinski definition) is 1. The molecule has 2 heterocycles. The van der Waals surface area contributed by atoms with Crippen LogP contribution in [0.25, 0.3) is 11.4 Å². The van der Waals surface area contributed by atoms with Crippen molar-refractivity contribution in [3.05, 3.63) is 70.9 Å². The van der Waals surface area contributed by atoms with E-state index < -0.39 is 5.54 Å². The van der Waals surface area contributed by atoms with Gasteiger partial charge in [-0.15, -0.1) is 0 Å². The largest absolute Gasteiger partial charge is 0.339 e. The van der Waals surface area contributed by atoms with Crippen LogP contribution in [0.3, 0.4) is 0 Å². The Morgan fingerprint density at radius 2 is 2.06 bits per heavy atom. The molecule has 1 saturated heterocycles. The SMILES string of the molecule is Cc1ccc(-c2noc(CCCN3C(=O)NC4(CCc5ccccc54)C3=O)n2)cc1F. The van der Waals surface area contributed by atoms with Gasteiger partial charge in [-0.3, -0.25) is 9.69 Å². The molecule has 8 heteroatoms. The molecule has 1 unspecified atom stereocenters. The predicted octanol–water partition coefficient (Wildman–Crippen LogP) is 3.51. The van der Waals surface area contributed by atoms with E-state index in [1.54, 1.807) is 19.1 Å². The zero-order chi connectivity index (χ0) is 21.6. The van der Waals surface area contributed by atoms with Crippen LogP contribution >= 0.6 is 0 Å². The van der Waals surface area contributed by atoms with Crippen LogP contribution in [0.5, 0.6) is 0 Å². The summed E-state index contributed by atoms with van der Waals surface area (Å²) >= 11 is 0. The molecule has 0 radical (unpaired) electrons. The summed E-state index contributed by atoms with van der Waals surface area (Å²) in [6.45, 7) is 1.94. The molecular formula is C23H21FN4O3. The molecule has 1 spiro atoms. The van der Waals surface area contributed by atoms with Gasteiger partial charge in [-0.25, -0.2) is 9.18 Å². The molecule has 1 N–H and O–H groups in total. The van der Waals surface area contributed by atoms with Crippen molar-refractivity contribution >= 4 is 11.9 Å². The summed E-state index contributed by atoms with van der Waals surface area (Å²) in [4.78, 5) is 31.3. The van der Waals surface area contributed by atoms with Gasteiger partial charge in [-0.2, -0.15) is 4.98 Å². The monoisotopic (exact) mass is 420 g/mol. The molecule has 2 aliphatic rings. The number of nitrogens with zero attached hydrogens (tertiary/aromatic N) is 3. The summed E-state index contributed by atoms with van der Waals surface area (Å²) < 4.78 is 19.0. The Bertz CT molecular complexity index is 1190. The van der Waals surface area contributed by atoms with Crippen molar-refractivity contribution < 1.29 is 18.5 Å². The van der Waals surface area contributed by atoms with Gasteiger partial charge < -0.3 is 9.84 Å². The van der Waals surface area contributed by atoms with Crippen LogP contribution in [0, 0.1) is 12.7 Å². The molecule has 0 bridgehead atoms. The quantitative estimate of drug-likeness (QED) is 0.638. The van der Waals surface area contributed by atoms with Crippen LogP contribution in [0.2, 0.25) is 0 Å². The third kappa shape index (κ3) is 3.19. The van der Waals surface area contributed by atoms with E-state index in [4.69, 9.17) is 4.52 Å². The highest BCUT2D eigenvalue weighted by Gasteiger charge is 2.54. The average molecular weight is 420 g/mol. The summed E-state index contributed by atoms with van der Waals surface area (Å²) in [5, 5.41) is 6.83. The van der Waals surface area contributed by atoms with E-state index in [0.717, 1.165) is 17.5 Å². The first-order valence-corrected chi connectivity index (χ1v) is 10.3. The zero-order valence-electron chi connectivity index (χ0n) is 17.0. The average Bonchev–Trinajstić information content (AvgIpc) is 3.44. The van der Waals surface area contributed by atoms with Gasteiger partial charge in [0, 0.05) is 18.5 Å². The fraction of sp³-hybridized carbons (Fsp3) is 0.304. The van der Waals surface area contributed by atoms with Crippen molar-refractivity contribution in [3.8, 4) is 11.4 Å². The van der Waals surface area contributed by atoms with Crippen LogP contribution in [0.4, 0.5) is 9.18 Å². The molecule has 5 rings (SSSR count). The van der Waals surface area contributed by atoms with Crippen LogP contribution in [0.15, 0.2) is 47.0 Å².